The quantitative estimate of drug-likeness (QED) is 0.357. The topological polar surface area (TPSA) is 39.9 Å². The Labute approximate surface area is 171 Å². The van der Waals surface area contributed by atoms with Gasteiger partial charge in [0.25, 0.3) is 0 Å². The number of hydrogen-bond donors (Lipinski definition) is 0. The van der Waals surface area contributed by atoms with Crippen LogP contribution >= 0.6 is 11.8 Å². The lowest BCUT2D eigenvalue weighted by molar-refractivity contribution is 0.210. The van der Waals surface area contributed by atoms with Gasteiger partial charge in [0, 0.05) is 12.3 Å². The van der Waals surface area contributed by atoms with Crippen molar-refractivity contribution in [2.45, 2.75) is 51.3 Å². The maximum absolute atomic E-state index is 6.17. The predicted octanol–water partition coefficient (Wildman–Crippen LogP) is 5.82. The monoisotopic (exact) mass is 393 g/mol. The van der Waals surface area contributed by atoms with Crippen LogP contribution in [0.2, 0.25) is 0 Å². The lowest BCUT2D eigenvalue weighted by Gasteiger charge is -2.16. The molecule has 28 heavy (non-hydrogen) atoms. The van der Waals surface area contributed by atoms with Crippen molar-refractivity contribution in [1.82, 2.24) is 14.8 Å². The second-order valence-corrected chi connectivity index (χ2v) is 8.04. The van der Waals surface area contributed by atoms with Crippen molar-refractivity contribution in [3.8, 4) is 5.75 Å². The van der Waals surface area contributed by atoms with Crippen LogP contribution in [0.4, 0.5) is 0 Å². The van der Waals surface area contributed by atoms with Gasteiger partial charge in [0.05, 0.1) is 0 Å². The molecule has 2 aromatic carbocycles. The van der Waals surface area contributed by atoms with E-state index in [4.69, 9.17) is 4.74 Å². The molecule has 3 aromatic rings. The first-order valence-corrected chi connectivity index (χ1v) is 10.4. The normalized spacial score (nSPS) is 12.0. The molecule has 4 nitrogen and oxygen atoms in total. The maximum atomic E-state index is 6.17. The molecule has 5 heteroatoms. The Balaban J connectivity index is 1.78. The number of allylic oxidation sites excluding steroid dienone is 1. The van der Waals surface area contributed by atoms with Gasteiger partial charge in [0.1, 0.15) is 5.75 Å². The standard InChI is InChI=1S/C23H27N3OS/c1-6-10-26-22(19(5)27-21-13-17(3)11-18(4)14-21)24-25-23(26)28-15-20-9-7-8-16(2)12-20/h6-9,11-14,19H,1,10,15H2,2-5H3. The largest absolute Gasteiger partial charge is 0.483 e. The van der Waals surface area contributed by atoms with E-state index in [9.17, 15) is 0 Å². The van der Waals surface area contributed by atoms with Crippen LogP contribution in [0.15, 0.2) is 60.3 Å². The van der Waals surface area contributed by atoms with Crippen molar-refractivity contribution in [3.05, 3.63) is 83.2 Å². The van der Waals surface area contributed by atoms with Crippen molar-refractivity contribution in [1.29, 1.82) is 0 Å². The summed E-state index contributed by atoms with van der Waals surface area (Å²) < 4.78 is 8.26. The smallest absolute Gasteiger partial charge is 0.191 e. The molecule has 0 bridgehead atoms. The number of aryl methyl sites for hydroxylation is 3. The number of benzene rings is 2. The summed E-state index contributed by atoms with van der Waals surface area (Å²) in [5.74, 6) is 2.52. The Bertz CT molecular complexity index is 944. The van der Waals surface area contributed by atoms with E-state index in [1.165, 1.54) is 22.3 Å². The minimum atomic E-state index is -0.207. The summed E-state index contributed by atoms with van der Waals surface area (Å²) in [6.07, 6.45) is 1.66. The minimum Gasteiger partial charge on any atom is -0.483 e. The van der Waals surface area contributed by atoms with E-state index in [2.05, 4.69) is 72.4 Å². The van der Waals surface area contributed by atoms with E-state index in [-0.39, 0.29) is 6.10 Å². The molecule has 0 radical (unpaired) electrons. The molecule has 0 aliphatic carbocycles. The van der Waals surface area contributed by atoms with Crippen LogP contribution in [-0.2, 0) is 12.3 Å². The summed E-state index contributed by atoms with van der Waals surface area (Å²) >= 11 is 1.68. The van der Waals surface area contributed by atoms with Gasteiger partial charge in [-0.1, -0.05) is 53.7 Å². The van der Waals surface area contributed by atoms with Gasteiger partial charge in [-0.3, -0.25) is 4.57 Å². The third kappa shape index (κ3) is 5.04. The van der Waals surface area contributed by atoms with Gasteiger partial charge in [-0.25, -0.2) is 0 Å². The first-order valence-electron chi connectivity index (χ1n) is 9.43. The molecule has 1 heterocycles. The zero-order valence-electron chi connectivity index (χ0n) is 17.0. The Morgan fingerprint density at radius 3 is 2.50 bits per heavy atom. The van der Waals surface area contributed by atoms with E-state index in [0.29, 0.717) is 6.54 Å². The van der Waals surface area contributed by atoms with Crippen LogP contribution in [0.3, 0.4) is 0 Å². The lowest BCUT2D eigenvalue weighted by atomic mass is 10.1. The number of rotatable bonds is 8. The molecule has 1 aromatic heterocycles. The van der Waals surface area contributed by atoms with Gasteiger partial charge >= 0.3 is 0 Å². The molecule has 0 aliphatic rings. The maximum Gasteiger partial charge on any atom is 0.191 e. The summed E-state index contributed by atoms with van der Waals surface area (Å²) in [6.45, 7) is 12.8. The minimum absolute atomic E-state index is 0.207. The first kappa shape index (κ1) is 20.2. The Morgan fingerprint density at radius 1 is 1.07 bits per heavy atom. The van der Waals surface area contributed by atoms with Gasteiger partial charge in [-0.2, -0.15) is 0 Å². The van der Waals surface area contributed by atoms with Crippen LogP contribution < -0.4 is 4.74 Å². The van der Waals surface area contributed by atoms with Gasteiger partial charge < -0.3 is 4.74 Å². The summed E-state index contributed by atoms with van der Waals surface area (Å²) in [5.41, 5.74) is 4.91. The highest BCUT2D eigenvalue weighted by atomic mass is 32.2. The van der Waals surface area contributed by atoms with Crippen molar-refractivity contribution in [3.63, 3.8) is 0 Å². The van der Waals surface area contributed by atoms with Crippen LogP contribution in [0, 0.1) is 20.8 Å². The van der Waals surface area contributed by atoms with Crippen molar-refractivity contribution >= 4 is 11.8 Å². The van der Waals surface area contributed by atoms with Gasteiger partial charge in [0.15, 0.2) is 17.1 Å². The molecule has 0 amide bonds. The van der Waals surface area contributed by atoms with Gasteiger partial charge in [-0.15, -0.1) is 16.8 Å². The average molecular weight is 394 g/mol. The van der Waals surface area contributed by atoms with Crippen LogP contribution in [0.1, 0.15) is 41.1 Å². The van der Waals surface area contributed by atoms with Gasteiger partial charge in [0.2, 0.25) is 0 Å². The molecule has 1 unspecified atom stereocenters. The first-order chi connectivity index (χ1) is 13.5. The van der Waals surface area contributed by atoms with E-state index in [0.717, 1.165) is 22.5 Å². The molecule has 0 saturated heterocycles. The zero-order chi connectivity index (χ0) is 20.1. The number of thioether (sulfide) groups is 1. The third-order valence-electron chi connectivity index (χ3n) is 4.38. The van der Waals surface area contributed by atoms with Crippen LogP contribution in [0.5, 0.6) is 5.75 Å². The molecule has 3 rings (SSSR count). The van der Waals surface area contributed by atoms with Gasteiger partial charge in [-0.05, 0) is 56.5 Å². The third-order valence-corrected chi connectivity index (χ3v) is 5.42. The van der Waals surface area contributed by atoms with Crippen molar-refractivity contribution in [2.75, 3.05) is 0 Å². The van der Waals surface area contributed by atoms with E-state index in [1.54, 1.807) is 11.8 Å². The summed E-state index contributed by atoms with van der Waals surface area (Å²) in [5, 5.41) is 9.72. The second kappa shape index (κ2) is 9.11. The molecule has 0 aliphatic heterocycles. The fraction of sp³-hybridized carbons (Fsp3) is 0.304. The molecule has 0 N–H and O–H groups in total. The van der Waals surface area contributed by atoms with Crippen molar-refractivity contribution in [2.24, 2.45) is 0 Å². The Kier molecular flexibility index (Phi) is 6.57. The highest BCUT2D eigenvalue weighted by Gasteiger charge is 2.19. The van der Waals surface area contributed by atoms with Crippen molar-refractivity contribution < 1.29 is 4.74 Å². The average Bonchev–Trinajstić information content (AvgIpc) is 3.02. The summed E-state index contributed by atoms with van der Waals surface area (Å²) in [4.78, 5) is 0. The fourth-order valence-electron chi connectivity index (χ4n) is 3.22. The highest BCUT2D eigenvalue weighted by molar-refractivity contribution is 7.98. The molecular formula is C23H27N3OS. The highest BCUT2D eigenvalue weighted by Crippen LogP contribution is 2.27. The predicted molar refractivity (Wildman–Crippen MR) is 116 cm³/mol. The van der Waals surface area contributed by atoms with E-state index in [1.807, 2.05) is 25.1 Å². The molecule has 0 saturated carbocycles. The summed E-state index contributed by atoms with van der Waals surface area (Å²) in [7, 11) is 0. The SMILES string of the molecule is C=CCn1c(SCc2cccc(C)c2)nnc1C(C)Oc1cc(C)cc(C)c1. The number of ether oxygens (including phenoxy) is 1. The van der Waals surface area contributed by atoms with E-state index < -0.39 is 0 Å². The second-order valence-electron chi connectivity index (χ2n) is 7.10. The molecule has 146 valence electrons. The number of aromatic nitrogens is 3. The molecule has 0 fully saturated rings. The number of nitrogens with zero attached hydrogens (tertiary/aromatic N) is 3. The molecule has 0 spiro atoms. The molecular weight excluding hydrogens is 366 g/mol. The fourth-order valence-corrected chi connectivity index (χ4v) is 4.11. The summed E-state index contributed by atoms with van der Waals surface area (Å²) in [6, 6.07) is 14.8. The number of hydrogen-bond acceptors (Lipinski definition) is 4. The zero-order valence-corrected chi connectivity index (χ0v) is 17.8. The Hall–Kier alpha value is -2.53. The van der Waals surface area contributed by atoms with E-state index >= 15 is 0 Å². The van der Waals surface area contributed by atoms with Crippen LogP contribution in [-0.4, -0.2) is 14.8 Å². The Morgan fingerprint density at radius 2 is 1.82 bits per heavy atom. The van der Waals surface area contributed by atoms with Crippen LogP contribution in [0.25, 0.3) is 0 Å². The molecule has 1 atom stereocenters. The lowest BCUT2D eigenvalue weighted by Crippen LogP contribution is -2.12.